The molecule has 0 radical (unpaired) electrons. The second-order valence-corrected chi connectivity index (χ2v) is 4.41. The van der Waals surface area contributed by atoms with Gasteiger partial charge >= 0.3 is 0 Å². The third-order valence-electron chi connectivity index (χ3n) is 3.08. The van der Waals surface area contributed by atoms with Gasteiger partial charge in [0, 0.05) is 12.6 Å². The van der Waals surface area contributed by atoms with Gasteiger partial charge in [-0.05, 0) is 5.56 Å². The van der Waals surface area contributed by atoms with Crippen molar-refractivity contribution < 1.29 is 9.47 Å². The van der Waals surface area contributed by atoms with Crippen LogP contribution in [0.25, 0.3) is 5.78 Å². The maximum absolute atomic E-state index is 5.34. The number of imidazole rings is 1. The molecule has 5 nitrogen and oxygen atoms in total. The summed E-state index contributed by atoms with van der Waals surface area (Å²) >= 11 is 0. The van der Waals surface area contributed by atoms with Crippen molar-refractivity contribution in [3.05, 3.63) is 53.9 Å². The van der Waals surface area contributed by atoms with Crippen LogP contribution in [0.5, 0.6) is 11.8 Å². The van der Waals surface area contributed by atoms with Crippen LogP contribution in [0.1, 0.15) is 11.3 Å². The van der Waals surface area contributed by atoms with E-state index in [-0.39, 0.29) is 0 Å². The lowest BCUT2D eigenvalue weighted by Crippen LogP contribution is -1.97. The maximum Gasteiger partial charge on any atom is 0.240 e. The first-order valence-electron chi connectivity index (χ1n) is 6.31. The van der Waals surface area contributed by atoms with Crippen molar-refractivity contribution in [2.45, 2.75) is 6.42 Å². The van der Waals surface area contributed by atoms with Crippen LogP contribution in [0, 0.1) is 0 Å². The number of fused-ring (bicyclic) bond motifs is 1. The summed E-state index contributed by atoms with van der Waals surface area (Å²) in [5.41, 5.74) is 2.15. The molecule has 0 aliphatic heterocycles. The summed E-state index contributed by atoms with van der Waals surface area (Å²) in [6.45, 7) is 0. The fourth-order valence-electron chi connectivity index (χ4n) is 2.12. The summed E-state index contributed by atoms with van der Waals surface area (Å²) < 4.78 is 12.3. The summed E-state index contributed by atoms with van der Waals surface area (Å²) in [7, 11) is 3.19. The first-order chi connectivity index (χ1) is 9.80. The lowest BCUT2D eigenvalue weighted by atomic mass is 10.1. The summed E-state index contributed by atoms with van der Waals surface area (Å²) in [4.78, 5) is 8.83. The molecule has 0 atom stereocenters. The van der Waals surface area contributed by atoms with Crippen LogP contribution in [0.3, 0.4) is 0 Å². The Bertz CT molecular complexity index is 723. The molecule has 1 aromatic carbocycles. The van der Waals surface area contributed by atoms with Crippen molar-refractivity contribution in [2.24, 2.45) is 0 Å². The van der Waals surface area contributed by atoms with Gasteiger partial charge in [0.1, 0.15) is 0 Å². The normalized spacial score (nSPS) is 10.7. The second kappa shape index (κ2) is 5.21. The van der Waals surface area contributed by atoms with Crippen molar-refractivity contribution in [1.82, 2.24) is 14.4 Å². The molecule has 0 unspecified atom stereocenters. The zero-order valence-electron chi connectivity index (χ0n) is 11.4. The first kappa shape index (κ1) is 12.5. The van der Waals surface area contributed by atoms with Crippen LogP contribution in [0.4, 0.5) is 0 Å². The number of hydrogen-bond acceptors (Lipinski definition) is 4. The van der Waals surface area contributed by atoms with Gasteiger partial charge in [0.2, 0.25) is 17.5 Å². The molecule has 0 amide bonds. The summed E-state index contributed by atoms with van der Waals surface area (Å²) in [6, 6.07) is 11.9. The molecule has 5 heteroatoms. The van der Waals surface area contributed by atoms with Crippen molar-refractivity contribution in [1.29, 1.82) is 0 Å². The van der Waals surface area contributed by atoms with E-state index in [1.54, 1.807) is 20.3 Å². The average molecular weight is 269 g/mol. The number of ether oxygens (including phenoxy) is 2. The summed E-state index contributed by atoms with van der Waals surface area (Å²) in [5, 5.41) is 0. The molecular formula is C15H15N3O2. The van der Waals surface area contributed by atoms with Gasteiger partial charge < -0.3 is 9.47 Å². The molecule has 20 heavy (non-hydrogen) atoms. The van der Waals surface area contributed by atoms with Crippen LogP contribution in [-0.2, 0) is 6.42 Å². The van der Waals surface area contributed by atoms with Crippen LogP contribution in [0.2, 0.25) is 0 Å². The summed E-state index contributed by atoms with van der Waals surface area (Å²) in [5.74, 6) is 1.72. The molecule has 0 bridgehead atoms. The van der Waals surface area contributed by atoms with Gasteiger partial charge in [-0.25, -0.2) is 4.98 Å². The van der Waals surface area contributed by atoms with Gasteiger partial charge in [-0.3, -0.25) is 4.40 Å². The zero-order valence-corrected chi connectivity index (χ0v) is 11.4. The van der Waals surface area contributed by atoms with Gasteiger partial charge in [0.05, 0.1) is 26.0 Å². The number of benzene rings is 1. The molecule has 0 saturated heterocycles. The predicted octanol–water partition coefficient (Wildman–Crippen LogP) is 2.34. The lowest BCUT2D eigenvalue weighted by Gasteiger charge is -2.04. The molecule has 3 rings (SSSR count). The Morgan fingerprint density at radius 1 is 1.05 bits per heavy atom. The molecule has 0 aliphatic carbocycles. The van der Waals surface area contributed by atoms with Gasteiger partial charge in [0.15, 0.2) is 0 Å². The van der Waals surface area contributed by atoms with E-state index >= 15 is 0 Å². The van der Waals surface area contributed by atoms with E-state index in [2.05, 4.69) is 22.1 Å². The fraction of sp³-hybridized carbons (Fsp3) is 0.200. The Hall–Kier alpha value is -2.56. The van der Waals surface area contributed by atoms with Crippen LogP contribution in [-0.4, -0.2) is 28.6 Å². The van der Waals surface area contributed by atoms with E-state index in [0.717, 1.165) is 12.1 Å². The maximum atomic E-state index is 5.34. The van der Waals surface area contributed by atoms with Crippen LogP contribution in [0.15, 0.2) is 42.6 Å². The van der Waals surface area contributed by atoms with Crippen LogP contribution < -0.4 is 9.47 Å². The minimum Gasteiger partial charge on any atom is -0.482 e. The Morgan fingerprint density at radius 3 is 2.55 bits per heavy atom. The number of hydrogen-bond donors (Lipinski definition) is 0. The van der Waals surface area contributed by atoms with Crippen molar-refractivity contribution in [3.8, 4) is 11.8 Å². The minimum atomic E-state index is 0.492. The standard InChI is InChI=1S/C15H15N3O2/c1-19-13-9-14(20-2)18-10-12(16-15(18)17-13)8-11-6-4-3-5-7-11/h3-7,9-10H,8H2,1-2H3. The molecule has 0 spiro atoms. The zero-order chi connectivity index (χ0) is 13.9. The molecule has 2 heterocycles. The molecule has 0 fully saturated rings. The van der Waals surface area contributed by atoms with Gasteiger partial charge in [-0.1, -0.05) is 30.3 Å². The van der Waals surface area contributed by atoms with E-state index in [9.17, 15) is 0 Å². The number of rotatable bonds is 4. The van der Waals surface area contributed by atoms with Gasteiger partial charge in [0.25, 0.3) is 0 Å². The fourth-order valence-corrected chi connectivity index (χ4v) is 2.12. The Labute approximate surface area is 116 Å². The monoisotopic (exact) mass is 269 g/mol. The van der Waals surface area contributed by atoms with E-state index in [4.69, 9.17) is 9.47 Å². The second-order valence-electron chi connectivity index (χ2n) is 4.41. The Morgan fingerprint density at radius 2 is 1.85 bits per heavy atom. The lowest BCUT2D eigenvalue weighted by molar-refractivity contribution is 0.369. The average Bonchev–Trinajstić information content (AvgIpc) is 2.89. The molecule has 2 aromatic heterocycles. The van der Waals surface area contributed by atoms with E-state index in [0.29, 0.717) is 17.5 Å². The number of nitrogens with zero attached hydrogens (tertiary/aromatic N) is 3. The molecular weight excluding hydrogens is 254 g/mol. The molecule has 0 aliphatic rings. The molecule has 102 valence electrons. The van der Waals surface area contributed by atoms with Gasteiger partial charge in [-0.2, -0.15) is 4.98 Å². The highest BCUT2D eigenvalue weighted by atomic mass is 16.5. The third-order valence-corrected chi connectivity index (χ3v) is 3.08. The smallest absolute Gasteiger partial charge is 0.240 e. The number of aromatic nitrogens is 3. The van der Waals surface area contributed by atoms with Crippen molar-refractivity contribution in [2.75, 3.05) is 14.2 Å². The highest BCUT2D eigenvalue weighted by Gasteiger charge is 2.10. The van der Waals surface area contributed by atoms with E-state index in [1.807, 2.05) is 28.8 Å². The van der Waals surface area contributed by atoms with Crippen molar-refractivity contribution >= 4 is 5.78 Å². The molecule has 0 saturated carbocycles. The third kappa shape index (κ3) is 2.30. The van der Waals surface area contributed by atoms with E-state index < -0.39 is 0 Å². The largest absolute Gasteiger partial charge is 0.482 e. The minimum absolute atomic E-state index is 0.492. The topological polar surface area (TPSA) is 48.7 Å². The van der Waals surface area contributed by atoms with Crippen LogP contribution >= 0.6 is 0 Å². The summed E-state index contributed by atoms with van der Waals surface area (Å²) in [6.07, 6.45) is 2.70. The highest BCUT2D eigenvalue weighted by molar-refractivity contribution is 5.40. The SMILES string of the molecule is COc1cc(OC)n2cc(Cc3ccccc3)nc2n1. The highest BCUT2D eigenvalue weighted by Crippen LogP contribution is 2.20. The Kier molecular flexibility index (Phi) is 3.25. The van der Waals surface area contributed by atoms with E-state index in [1.165, 1.54) is 5.56 Å². The quantitative estimate of drug-likeness (QED) is 0.729. The molecule has 0 N–H and O–H groups in total. The molecule has 3 aromatic rings. The number of methoxy groups -OCH3 is 2. The first-order valence-corrected chi connectivity index (χ1v) is 6.31. The van der Waals surface area contributed by atoms with Gasteiger partial charge in [-0.15, -0.1) is 0 Å². The van der Waals surface area contributed by atoms with Crippen molar-refractivity contribution in [3.63, 3.8) is 0 Å². The Balaban J connectivity index is 2.01. The predicted molar refractivity (Wildman–Crippen MR) is 75.3 cm³/mol.